The summed E-state index contributed by atoms with van der Waals surface area (Å²) in [6, 6.07) is 4.88. The molecule has 72 valence electrons. The summed E-state index contributed by atoms with van der Waals surface area (Å²) in [5.74, 6) is 0.551. The van der Waals surface area contributed by atoms with Crippen LogP contribution in [0, 0.1) is 0 Å². The Bertz CT molecular complexity index is 288. The van der Waals surface area contributed by atoms with Gasteiger partial charge in [-0.05, 0) is 17.7 Å². The van der Waals surface area contributed by atoms with Crippen LogP contribution in [0.15, 0.2) is 18.2 Å². The first kappa shape index (κ1) is 10.3. The molecule has 0 aliphatic rings. The third-order valence-electron chi connectivity index (χ3n) is 1.73. The first-order chi connectivity index (χ1) is 6.19. The largest absolute Gasteiger partial charge is 0.495 e. The molecule has 1 atom stereocenters. The van der Waals surface area contributed by atoms with Gasteiger partial charge in [0.2, 0.25) is 0 Å². The van der Waals surface area contributed by atoms with E-state index in [9.17, 15) is 5.11 Å². The van der Waals surface area contributed by atoms with Gasteiger partial charge in [-0.25, -0.2) is 0 Å². The highest BCUT2D eigenvalue weighted by atomic mass is 35.5. The van der Waals surface area contributed by atoms with E-state index in [0.717, 1.165) is 0 Å². The van der Waals surface area contributed by atoms with Crippen LogP contribution in [0.5, 0.6) is 5.75 Å². The minimum Gasteiger partial charge on any atom is -0.495 e. The van der Waals surface area contributed by atoms with Gasteiger partial charge in [-0.15, -0.1) is 0 Å². The summed E-state index contributed by atoms with van der Waals surface area (Å²) in [5, 5.41) is 18.4. The Morgan fingerprint density at radius 3 is 2.69 bits per heavy atom. The van der Waals surface area contributed by atoms with Crippen LogP contribution in [-0.4, -0.2) is 23.9 Å². The third-order valence-corrected chi connectivity index (χ3v) is 2.03. The maximum atomic E-state index is 9.27. The SMILES string of the molecule is COc1ccc([C@H](O)CO)cc1Cl. The van der Waals surface area contributed by atoms with E-state index >= 15 is 0 Å². The average molecular weight is 203 g/mol. The van der Waals surface area contributed by atoms with Gasteiger partial charge in [-0.1, -0.05) is 17.7 Å². The van der Waals surface area contributed by atoms with Crippen molar-refractivity contribution >= 4 is 11.6 Å². The van der Waals surface area contributed by atoms with Crippen LogP contribution >= 0.6 is 11.6 Å². The normalized spacial score (nSPS) is 12.6. The van der Waals surface area contributed by atoms with Gasteiger partial charge in [-0.2, -0.15) is 0 Å². The lowest BCUT2D eigenvalue weighted by atomic mass is 10.1. The first-order valence-electron chi connectivity index (χ1n) is 3.81. The molecule has 0 fully saturated rings. The zero-order chi connectivity index (χ0) is 9.84. The second-order valence-corrected chi connectivity index (χ2v) is 3.00. The van der Waals surface area contributed by atoms with Crippen LogP contribution < -0.4 is 4.74 Å². The van der Waals surface area contributed by atoms with E-state index in [1.54, 1.807) is 18.2 Å². The summed E-state index contributed by atoms with van der Waals surface area (Å²) >= 11 is 5.81. The van der Waals surface area contributed by atoms with E-state index in [1.807, 2.05) is 0 Å². The molecule has 0 amide bonds. The van der Waals surface area contributed by atoms with Crippen molar-refractivity contribution < 1.29 is 14.9 Å². The van der Waals surface area contributed by atoms with Gasteiger partial charge in [0, 0.05) is 0 Å². The number of hydrogen-bond donors (Lipinski definition) is 2. The molecule has 0 saturated carbocycles. The van der Waals surface area contributed by atoms with Crippen molar-refractivity contribution in [3.05, 3.63) is 28.8 Å². The molecule has 0 bridgehead atoms. The fraction of sp³-hybridized carbons (Fsp3) is 0.333. The molecule has 0 spiro atoms. The molecule has 0 heterocycles. The number of hydrogen-bond acceptors (Lipinski definition) is 3. The Balaban J connectivity index is 2.95. The highest BCUT2D eigenvalue weighted by Crippen LogP contribution is 2.27. The fourth-order valence-corrected chi connectivity index (χ4v) is 1.26. The van der Waals surface area contributed by atoms with Crippen LogP contribution in [0.1, 0.15) is 11.7 Å². The van der Waals surface area contributed by atoms with Gasteiger partial charge in [0.05, 0.1) is 18.7 Å². The van der Waals surface area contributed by atoms with E-state index in [-0.39, 0.29) is 6.61 Å². The molecule has 0 radical (unpaired) electrons. The van der Waals surface area contributed by atoms with Crippen molar-refractivity contribution in [1.82, 2.24) is 0 Å². The number of methoxy groups -OCH3 is 1. The molecule has 13 heavy (non-hydrogen) atoms. The summed E-state index contributed by atoms with van der Waals surface area (Å²) in [6.07, 6.45) is -0.886. The molecule has 0 aromatic heterocycles. The number of ether oxygens (including phenoxy) is 1. The molecule has 2 N–H and O–H groups in total. The highest BCUT2D eigenvalue weighted by molar-refractivity contribution is 6.32. The van der Waals surface area contributed by atoms with E-state index < -0.39 is 6.10 Å². The highest BCUT2D eigenvalue weighted by Gasteiger charge is 2.08. The molecule has 0 unspecified atom stereocenters. The summed E-state index contributed by atoms with van der Waals surface area (Å²) in [6.45, 7) is -0.317. The van der Waals surface area contributed by atoms with Crippen molar-refractivity contribution in [2.24, 2.45) is 0 Å². The minimum atomic E-state index is -0.886. The Kier molecular flexibility index (Phi) is 3.54. The van der Waals surface area contributed by atoms with Gasteiger partial charge < -0.3 is 14.9 Å². The number of aliphatic hydroxyl groups is 2. The Hall–Kier alpha value is -0.770. The lowest BCUT2D eigenvalue weighted by Gasteiger charge is -2.09. The topological polar surface area (TPSA) is 49.7 Å². The standard InChI is InChI=1S/C9H11ClO3/c1-13-9-3-2-6(4-7(9)10)8(12)5-11/h2-4,8,11-12H,5H2,1H3/t8-/m1/s1. The molecule has 1 aromatic carbocycles. The van der Waals surface area contributed by atoms with Gasteiger partial charge in [0.15, 0.2) is 0 Å². The van der Waals surface area contributed by atoms with Crippen molar-refractivity contribution in [3.8, 4) is 5.75 Å². The molecule has 0 aliphatic carbocycles. The lowest BCUT2D eigenvalue weighted by Crippen LogP contribution is -2.02. The zero-order valence-corrected chi connectivity index (χ0v) is 7.95. The van der Waals surface area contributed by atoms with Crippen LogP contribution in [-0.2, 0) is 0 Å². The average Bonchev–Trinajstić information content (AvgIpc) is 2.16. The predicted molar refractivity (Wildman–Crippen MR) is 50.0 cm³/mol. The van der Waals surface area contributed by atoms with E-state index in [0.29, 0.717) is 16.3 Å². The Morgan fingerprint density at radius 2 is 2.23 bits per heavy atom. The van der Waals surface area contributed by atoms with Gasteiger partial charge in [-0.3, -0.25) is 0 Å². The number of rotatable bonds is 3. The quantitative estimate of drug-likeness (QED) is 0.779. The van der Waals surface area contributed by atoms with Crippen LogP contribution in [0.25, 0.3) is 0 Å². The van der Waals surface area contributed by atoms with Crippen LogP contribution in [0.2, 0.25) is 5.02 Å². The van der Waals surface area contributed by atoms with Crippen molar-refractivity contribution in [2.45, 2.75) is 6.10 Å². The van der Waals surface area contributed by atoms with Crippen molar-refractivity contribution in [2.75, 3.05) is 13.7 Å². The minimum absolute atomic E-state index is 0.317. The zero-order valence-electron chi connectivity index (χ0n) is 7.20. The molecule has 4 heteroatoms. The van der Waals surface area contributed by atoms with Crippen LogP contribution in [0.4, 0.5) is 0 Å². The molecule has 0 aliphatic heterocycles. The smallest absolute Gasteiger partial charge is 0.137 e. The molecule has 1 rings (SSSR count). The Labute approximate surface area is 81.5 Å². The van der Waals surface area contributed by atoms with E-state index in [4.69, 9.17) is 21.4 Å². The second-order valence-electron chi connectivity index (χ2n) is 2.59. The summed E-state index contributed by atoms with van der Waals surface area (Å²) in [4.78, 5) is 0. The van der Waals surface area contributed by atoms with Crippen molar-refractivity contribution in [3.63, 3.8) is 0 Å². The number of aliphatic hydroxyl groups excluding tert-OH is 2. The van der Waals surface area contributed by atoms with Gasteiger partial charge in [0.1, 0.15) is 11.9 Å². The third kappa shape index (κ3) is 2.34. The molecular formula is C9H11ClO3. The van der Waals surface area contributed by atoms with Gasteiger partial charge in [0.25, 0.3) is 0 Å². The summed E-state index contributed by atoms with van der Waals surface area (Å²) < 4.78 is 4.94. The molecular weight excluding hydrogens is 192 g/mol. The molecule has 3 nitrogen and oxygen atoms in total. The molecule has 1 aromatic rings. The Morgan fingerprint density at radius 1 is 1.54 bits per heavy atom. The fourth-order valence-electron chi connectivity index (χ4n) is 0.995. The number of halogens is 1. The predicted octanol–water partition coefficient (Wildman–Crippen LogP) is 1.37. The number of benzene rings is 1. The second kappa shape index (κ2) is 4.46. The lowest BCUT2D eigenvalue weighted by molar-refractivity contribution is 0.0956. The van der Waals surface area contributed by atoms with E-state index in [1.165, 1.54) is 7.11 Å². The summed E-state index contributed by atoms with van der Waals surface area (Å²) in [7, 11) is 1.52. The van der Waals surface area contributed by atoms with E-state index in [2.05, 4.69) is 0 Å². The summed E-state index contributed by atoms with van der Waals surface area (Å²) in [5.41, 5.74) is 0.577. The van der Waals surface area contributed by atoms with Crippen molar-refractivity contribution in [1.29, 1.82) is 0 Å². The van der Waals surface area contributed by atoms with Gasteiger partial charge >= 0.3 is 0 Å². The monoisotopic (exact) mass is 202 g/mol. The maximum Gasteiger partial charge on any atom is 0.137 e. The maximum absolute atomic E-state index is 9.27. The first-order valence-corrected chi connectivity index (χ1v) is 4.19. The molecule has 0 saturated heterocycles. The van der Waals surface area contributed by atoms with Crippen LogP contribution in [0.3, 0.4) is 0 Å².